The molecule has 6 nitrogen and oxygen atoms in total. The van der Waals surface area contributed by atoms with Crippen LogP contribution in [0.25, 0.3) is 0 Å². The third-order valence-electron chi connectivity index (χ3n) is 4.03. The van der Waals surface area contributed by atoms with Gasteiger partial charge in [0.05, 0.1) is 18.6 Å². The van der Waals surface area contributed by atoms with Gasteiger partial charge in [-0.25, -0.2) is 4.98 Å². The summed E-state index contributed by atoms with van der Waals surface area (Å²) in [6.45, 7) is 7.51. The van der Waals surface area contributed by atoms with Crippen molar-refractivity contribution >= 4 is 0 Å². The van der Waals surface area contributed by atoms with Crippen molar-refractivity contribution in [3.05, 3.63) is 46.4 Å². The Morgan fingerprint density at radius 3 is 2.90 bits per heavy atom. The van der Waals surface area contributed by atoms with Crippen molar-refractivity contribution < 1.29 is 0 Å². The van der Waals surface area contributed by atoms with Crippen LogP contribution < -0.4 is 5.56 Å². The minimum atomic E-state index is 0.0287. The fraction of sp³-hybridized carbons (Fsp3) is 0.533. The molecule has 1 unspecified atom stereocenters. The molecule has 21 heavy (non-hydrogen) atoms. The molecule has 0 N–H and O–H groups in total. The molecule has 0 aromatic carbocycles. The zero-order valence-electron chi connectivity index (χ0n) is 12.6. The van der Waals surface area contributed by atoms with Crippen LogP contribution in [0.3, 0.4) is 0 Å². The molecule has 1 saturated heterocycles. The van der Waals surface area contributed by atoms with Crippen LogP contribution in [0.5, 0.6) is 0 Å². The largest absolute Gasteiger partial charge is 0.299 e. The van der Waals surface area contributed by atoms with Gasteiger partial charge in [-0.2, -0.15) is 5.10 Å². The Bertz CT molecular complexity index is 675. The Balaban J connectivity index is 1.56. The first-order valence-corrected chi connectivity index (χ1v) is 7.38. The maximum atomic E-state index is 11.8. The minimum Gasteiger partial charge on any atom is -0.299 e. The second-order valence-electron chi connectivity index (χ2n) is 5.80. The summed E-state index contributed by atoms with van der Waals surface area (Å²) in [6, 6.07) is 2.03. The summed E-state index contributed by atoms with van der Waals surface area (Å²) < 4.78 is 3.74. The van der Waals surface area contributed by atoms with Gasteiger partial charge >= 0.3 is 0 Å². The summed E-state index contributed by atoms with van der Waals surface area (Å²) in [5.41, 5.74) is 2.00. The molecule has 6 heteroatoms. The van der Waals surface area contributed by atoms with E-state index >= 15 is 0 Å². The van der Waals surface area contributed by atoms with Crippen molar-refractivity contribution in [3.8, 4) is 0 Å². The summed E-state index contributed by atoms with van der Waals surface area (Å²) in [6.07, 6.45) is 6.76. The zero-order valence-corrected chi connectivity index (χ0v) is 12.6. The highest BCUT2D eigenvalue weighted by Gasteiger charge is 2.23. The maximum absolute atomic E-state index is 11.8. The van der Waals surface area contributed by atoms with E-state index in [0.29, 0.717) is 12.6 Å². The molecule has 112 valence electrons. The van der Waals surface area contributed by atoms with Gasteiger partial charge in [0.2, 0.25) is 0 Å². The number of hydrogen-bond donors (Lipinski definition) is 0. The molecule has 0 saturated carbocycles. The first-order chi connectivity index (χ1) is 10.1. The molecule has 1 fully saturated rings. The summed E-state index contributed by atoms with van der Waals surface area (Å²) in [5, 5.41) is 4.40. The fourth-order valence-corrected chi connectivity index (χ4v) is 2.80. The number of rotatable bonds is 4. The van der Waals surface area contributed by atoms with E-state index in [1.807, 2.05) is 13.1 Å². The molecule has 1 aliphatic rings. The number of aryl methyl sites for hydroxylation is 2. The number of aromatic nitrogens is 4. The van der Waals surface area contributed by atoms with Gasteiger partial charge in [-0.1, -0.05) is 0 Å². The van der Waals surface area contributed by atoms with Crippen molar-refractivity contribution in [1.82, 2.24) is 24.2 Å². The van der Waals surface area contributed by atoms with E-state index in [4.69, 9.17) is 0 Å². The van der Waals surface area contributed by atoms with Gasteiger partial charge in [-0.15, -0.1) is 0 Å². The van der Waals surface area contributed by atoms with E-state index < -0.39 is 0 Å². The molecule has 0 bridgehead atoms. The van der Waals surface area contributed by atoms with Crippen LogP contribution in [0.4, 0.5) is 0 Å². The van der Waals surface area contributed by atoms with Crippen molar-refractivity contribution in [1.29, 1.82) is 0 Å². The Morgan fingerprint density at radius 2 is 2.19 bits per heavy atom. The van der Waals surface area contributed by atoms with E-state index in [9.17, 15) is 4.79 Å². The van der Waals surface area contributed by atoms with Gasteiger partial charge in [-0.05, 0) is 25.8 Å². The molecule has 0 spiro atoms. The van der Waals surface area contributed by atoms with Crippen LogP contribution in [0.15, 0.2) is 29.6 Å². The van der Waals surface area contributed by atoms with E-state index in [0.717, 1.165) is 31.7 Å². The minimum absolute atomic E-state index is 0.0287. The lowest BCUT2D eigenvalue weighted by Gasteiger charge is -2.16. The lowest BCUT2D eigenvalue weighted by Crippen LogP contribution is -2.30. The Morgan fingerprint density at radius 1 is 1.33 bits per heavy atom. The lowest BCUT2D eigenvalue weighted by atomic mass is 10.3. The molecule has 0 amide bonds. The molecule has 0 aliphatic carbocycles. The zero-order chi connectivity index (χ0) is 14.8. The van der Waals surface area contributed by atoms with Gasteiger partial charge < -0.3 is 0 Å². The Labute approximate surface area is 124 Å². The van der Waals surface area contributed by atoms with Crippen LogP contribution >= 0.6 is 0 Å². The van der Waals surface area contributed by atoms with Gasteiger partial charge in [-0.3, -0.25) is 18.9 Å². The highest BCUT2D eigenvalue weighted by Crippen LogP contribution is 2.20. The SMILES string of the molecule is Cc1cnn(C2CCN(CCn3cnc(C)cc3=O)C2)c1. The molecular weight excluding hydrogens is 266 g/mol. The van der Waals surface area contributed by atoms with Crippen molar-refractivity contribution in [2.24, 2.45) is 0 Å². The molecule has 1 aliphatic heterocycles. The number of hydrogen-bond acceptors (Lipinski definition) is 4. The maximum Gasteiger partial charge on any atom is 0.253 e. The van der Waals surface area contributed by atoms with Crippen molar-refractivity contribution in [2.45, 2.75) is 32.9 Å². The van der Waals surface area contributed by atoms with E-state index in [1.165, 1.54) is 5.56 Å². The molecule has 0 radical (unpaired) electrons. The quantitative estimate of drug-likeness (QED) is 0.842. The predicted octanol–water partition coefficient (Wildman–Crippen LogP) is 1.00. The third-order valence-corrected chi connectivity index (χ3v) is 4.03. The molecule has 2 aromatic heterocycles. The molecule has 3 rings (SSSR count). The van der Waals surface area contributed by atoms with Gasteiger partial charge in [0.1, 0.15) is 0 Å². The standard InChI is InChI=1S/C15H21N5O/c1-12-8-17-20(9-12)14-3-4-18(10-14)5-6-19-11-16-13(2)7-15(19)21/h7-9,11,14H,3-6,10H2,1-2H3. The summed E-state index contributed by atoms with van der Waals surface area (Å²) in [7, 11) is 0. The van der Waals surface area contributed by atoms with E-state index in [-0.39, 0.29) is 5.56 Å². The first kappa shape index (κ1) is 14.0. The van der Waals surface area contributed by atoms with Crippen LogP contribution in [-0.2, 0) is 6.54 Å². The summed E-state index contributed by atoms with van der Waals surface area (Å²) in [5.74, 6) is 0. The number of nitrogens with zero attached hydrogens (tertiary/aromatic N) is 5. The third kappa shape index (κ3) is 3.21. The second kappa shape index (κ2) is 5.81. The van der Waals surface area contributed by atoms with Crippen LogP contribution in [0.1, 0.15) is 23.7 Å². The lowest BCUT2D eigenvalue weighted by molar-refractivity contribution is 0.303. The highest BCUT2D eigenvalue weighted by molar-refractivity contribution is 5.01. The number of likely N-dealkylation sites (tertiary alicyclic amines) is 1. The van der Waals surface area contributed by atoms with E-state index in [1.54, 1.807) is 17.0 Å². The summed E-state index contributed by atoms with van der Waals surface area (Å²) >= 11 is 0. The van der Waals surface area contributed by atoms with Crippen molar-refractivity contribution in [2.75, 3.05) is 19.6 Å². The van der Waals surface area contributed by atoms with Crippen LogP contribution in [-0.4, -0.2) is 43.9 Å². The van der Waals surface area contributed by atoms with Gasteiger partial charge in [0.15, 0.2) is 0 Å². The molecule has 2 aromatic rings. The molecule has 1 atom stereocenters. The van der Waals surface area contributed by atoms with Gasteiger partial charge in [0, 0.05) is 44.1 Å². The first-order valence-electron chi connectivity index (χ1n) is 7.38. The van der Waals surface area contributed by atoms with Crippen molar-refractivity contribution in [3.63, 3.8) is 0 Å². The topological polar surface area (TPSA) is 56.0 Å². The van der Waals surface area contributed by atoms with Crippen LogP contribution in [0.2, 0.25) is 0 Å². The van der Waals surface area contributed by atoms with Crippen LogP contribution in [0, 0.1) is 13.8 Å². The average molecular weight is 287 g/mol. The Hall–Kier alpha value is -1.95. The average Bonchev–Trinajstić information content (AvgIpc) is 3.06. The predicted molar refractivity (Wildman–Crippen MR) is 80.3 cm³/mol. The Kier molecular flexibility index (Phi) is 3.88. The fourth-order valence-electron chi connectivity index (χ4n) is 2.80. The molecular formula is C15H21N5O. The summed E-state index contributed by atoms with van der Waals surface area (Å²) in [4.78, 5) is 18.4. The normalized spacial score (nSPS) is 19.2. The monoisotopic (exact) mass is 287 g/mol. The van der Waals surface area contributed by atoms with Gasteiger partial charge in [0.25, 0.3) is 5.56 Å². The van der Waals surface area contributed by atoms with E-state index in [2.05, 4.69) is 32.8 Å². The highest BCUT2D eigenvalue weighted by atomic mass is 16.1. The second-order valence-corrected chi connectivity index (χ2v) is 5.80. The molecule has 3 heterocycles. The smallest absolute Gasteiger partial charge is 0.253 e.